The van der Waals surface area contributed by atoms with Gasteiger partial charge in [-0.3, -0.25) is 4.79 Å². The lowest BCUT2D eigenvalue weighted by Crippen LogP contribution is -2.30. The van der Waals surface area contributed by atoms with Gasteiger partial charge in [0.2, 0.25) is 5.91 Å². The zero-order chi connectivity index (χ0) is 10.6. The Morgan fingerprint density at radius 1 is 1.57 bits per heavy atom. The maximum atomic E-state index is 10.6. The first kappa shape index (κ1) is 10.7. The first-order chi connectivity index (χ1) is 6.59. The fourth-order valence-corrected chi connectivity index (χ4v) is 1.31. The van der Waals surface area contributed by atoms with Gasteiger partial charge in [0.05, 0.1) is 6.54 Å². The van der Waals surface area contributed by atoms with Crippen molar-refractivity contribution in [3.8, 4) is 0 Å². The molecule has 0 fully saturated rings. The van der Waals surface area contributed by atoms with Crippen LogP contribution in [0.15, 0.2) is 24.3 Å². The SMILES string of the molecule is Cc1cccc([C@@H](C)NCC(N)=O)c1. The summed E-state index contributed by atoms with van der Waals surface area (Å²) in [7, 11) is 0. The monoisotopic (exact) mass is 192 g/mol. The second-order valence-electron chi connectivity index (χ2n) is 3.48. The fourth-order valence-electron chi connectivity index (χ4n) is 1.31. The van der Waals surface area contributed by atoms with E-state index in [1.54, 1.807) is 0 Å². The molecule has 0 heterocycles. The first-order valence-electron chi connectivity index (χ1n) is 4.68. The van der Waals surface area contributed by atoms with E-state index in [0.29, 0.717) is 0 Å². The van der Waals surface area contributed by atoms with E-state index < -0.39 is 0 Å². The number of hydrogen-bond donors (Lipinski definition) is 2. The van der Waals surface area contributed by atoms with Gasteiger partial charge in [-0.2, -0.15) is 0 Å². The van der Waals surface area contributed by atoms with Crippen molar-refractivity contribution in [1.29, 1.82) is 0 Å². The zero-order valence-corrected chi connectivity index (χ0v) is 8.58. The summed E-state index contributed by atoms with van der Waals surface area (Å²) in [5, 5.41) is 3.05. The van der Waals surface area contributed by atoms with Gasteiger partial charge >= 0.3 is 0 Å². The number of benzene rings is 1. The number of carbonyl (C=O) groups is 1. The van der Waals surface area contributed by atoms with Crippen LogP contribution in [0, 0.1) is 6.92 Å². The van der Waals surface area contributed by atoms with Crippen molar-refractivity contribution in [2.24, 2.45) is 5.73 Å². The molecule has 3 N–H and O–H groups in total. The van der Waals surface area contributed by atoms with Gasteiger partial charge in [-0.15, -0.1) is 0 Å². The van der Waals surface area contributed by atoms with E-state index in [2.05, 4.69) is 11.4 Å². The van der Waals surface area contributed by atoms with Gasteiger partial charge in [0.1, 0.15) is 0 Å². The lowest BCUT2D eigenvalue weighted by Gasteiger charge is -2.13. The molecule has 1 amide bonds. The summed E-state index contributed by atoms with van der Waals surface area (Å²) in [6, 6.07) is 8.34. The van der Waals surface area contributed by atoms with Crippen LogP contribution in [0.4, 0.5) is 0 Å². The van der Waals surface area contributed by atoms with E-state index in [-0.39, 0.29) is 18.5 Å². The van der Waals surface area contributed by atoms with Gasteiger partial charge in [-0.1, -0.05) is 29.8 Å². The van der Waals surface area contributed by atoms with Gasteiger partial charge in [-0.25, -0.2) is 0 Å². The molecular formula is C11H16N2O. The summed E-state index contributed by atoms with van der Waals surface area (Å²) in [6.45, 7) is 4.27. The van der Waals surface area contributed by atoms with Crippen molar-refractivity contribution in [3.63, 3.8) is 0 Å². The van der Waals surface area contributed by atoms with Crippen molar-refractivity contribution in [2.45, 2.75) is 19.9 Å². The van der Waals surface area contributed by atoms with E-state index in [9.17, 15) is 4.79 Å². The number of amides is 1. The summed E-state index contributed by atoms with van der Waals surface area (Å²) in [5.74, 6) is -0.329. The molecule has 0 aliphatic carbocycles. The average molecular weight is 192 g/mol. The Balaban J connectivity index is 2.60. The number of primary amides is 1. The topological polar surface area (TPSA) is 55.1 Å². The van der Waals surface area contributed by atoms with E-state index in [4.69, 9.17) is 5.73 Å². The maximum Gasteiger partial charge on any atom is 0.231 e. The third-order valence-corrected chi connectivity index (χ3v) is 2.12. The number of nitrogens with two attached hydrogens (primary N) is 1. The van der Waals surface area contributed by atoms with Crippen molar-refractivity contribution in [3.05, 3.63) is 35.4 Å². The molecule has 3 nitrogen and oxygen atoms in total. The van der Waals surface area contributed by atoms with Crippen molar-refractivity contribution < 1.29 is 4.79 Å². The number of aryl methyl sites for hydroxylation is 1. The largest absolute Gasteiger partial charge is 0.369 e. The molecule has 1 aromatic carbocycles. The highest BCUT2D eigenvalue weighted by Crippen LogP contribution is 2.12. The average Bonchev–Trinajstić information content (AvgIpc) is 2.14. The van der Waals surface area contributed by atoms with Crippen LogP contribution < -0.4 is 11.1 Å². The predicted octanol–water partition coefficient (Wildman–Crippen LogP) is 1.13. The highest BCUT2D eigenvalue weighted by molar-refractivity contribution is 5.75. The molecule has 3 heteroatoms. The molecule has 0 unspecified atom stereocenters. The fraction of sp³-hybridized carbons (Fsp3) is 0.364. The molecule has 0 radical (unpaired) electrons. The van der Waals surface area contributed by atoms with Crippen LogP contribution in [-0.4, -0.2) is 12.5 Å². The van der Waals surface area contributed by atoms with E-state index in [1.165, 1.54) is 11.1 Å². The van der Waals surface area contributed by atoms with Crippen LogP contribution in [0.3, 0.4) is 0 Å². The standard InChI is InChI=1S/C11H16N2O/c1-8-4-3-5-10(6-8)9(2)13-7-11(12)14/h3-6,9,13H,7H2,1-2H3,(H2,12,14)/t9-/m1/s1. The Hall–Kier alpha value is -1.35. The number of carbonyl (C=O) groups excluding carboxylic acids is 1. The molecule has 76 valence electrons. The van der Waals surface area contributed by atoms with Crippen molar-refractivity contribution >= 4 is 5.91 Å². The van der Waals surface area contributed by atoms with Crippen molar-refractivity contribution in [2.75, 3.05) is 6.54 Å². The van der Waals surface area contributed by atoms with Crippen LogP contribution in [0.2, 0.25) is 0 Å². The molecule has 0 spiro atoms. The lowest BCUT2D eigenvalue weighted by atomic mass is 10.1. The second-order valence-corrected chi connectivity index (χ2v) is 3.48. The highest BCUT2D eigenvalue weighted by Gasteiger charge is 2.05. The zero-order valence-electron chi connectivity index (χ0n) is 8.58. The Morgan fingerprint density at radius 2 is 2.29 bits per heavy atom. The quantitative estimate of drug-likeness (QED) is 0.751. The minimum absolute atomic E-state index is 0.155. The molecule has 1 rings (SSSR count). The van der Waals surface area contributed by atoms with Crippen LogP contribution in [0.25, 0.3) is 0 Å². The summed E-state index contributed by atoms with van der Waals surface area (Å²) < 4.78 is 0. The summed E-state index contributed by atoms with van der Waals surface area (Å²) in [6.07, 6.45) is 0. The number of nitrogens with one attached hydrogen (secondary N) is 1. The highest BCUT2D eigenvalue weighted by atomic mass is 16.1. The Labute approximate surface area is 84.3 Å². The van der Waals surface area contributed by atoms with Crippen LogP contribution in [0.1, 0.15) is 24.1 Å². The minimum Gasteiger partial charge on any atom is -0.369 e. The predicted molar refractivity (Wildman–Crippen MR) is 56.8 cm³/mol. The molecule has 14 heavy (non-hydrogen) atoms. The molecule has 0 bridgehead atoms. The number of rotatable bonds is 4. The van der Waals surface area contributed by atoms with Gasteiger partial charge in [0.15, 0.2) is 0 Å². The molecule has 0 aliphatic rings. The molecule has 1 aromatic rings. The maximum absolute atomic E-state index is 10.6. The number of hydrogen-bond acceptors (Lipinski definition) is 2. The molecule has 0 saturated heterocycles. The van der Waals surface area contributed by atoms with Crippen LogP contribution >= 0.6 is 0 Å². The van der Waals surface area contributed by atoms with Gasteiger partial charge in [0, 0.05) is 6.04 Å². The van der Waals surface area contributed by atoms with E-state index in [1.807, 2.05) is 32.0 Å². The van der Waals surface area contributed by atoms with Gasteiger partial charge in [-0.05, 0) is 19.4 Å². The molecule has 0 aromatic heterocycles. The van der Waals surface area contributed by atoms with Crippen molar-refractivity contribution in [1.82, 2.24) is 5.32 Å². The smallest absolute Gasteiger partial charge is 0.231 e. The van der Waals surface area contributed by atoms with Gasteiger partial charge in [0.25, 0.3) is 0 Å². The van der Waals surface area contributed by atoms with Crippen LogP contribution in [-0.2, 0) is 4.79 Å². The summed E-state index contributed by atoms with van der Waals surface area (Å²) >= 11 is 0. The molecule has 0 saturated carbocycles. The third kappa shape index (κ3) is 3.18. The summed E-state index contributed by atoms with van der Waals surface area (Å²) in [4.78, 5) is 10.6. The molecule has 0 aliphatic heterocycles. The van der Waals surface area contributed by atoms with Gasteiger partial charge < -0.3 is 11.1 Å². The lowest BCUT2D eigenvalue weighted by molar-refractivity contribution is -0.117. The normalized spacial score (nSPS) is 12.4. The second kappa shape index (κ2) is 4.77. The Bertz CT molecular complexity index is 323. The van der Waals surface area contributed by atoms with E-state index in [0.717, 1.165) is 0 Å². The Kier molecular flexibility index (Phi) is 3.65. The molecule has 1 atom stereocenters. The molecular weight excluding hydrogens is 176 g/mol. The summed E-state index contributed by atoms with van der Waals surface area (Å²) in [5.41, 5.74) is 7.44. The minimum atomic E-state index is -0.329. The van der Waals surface area contributed by atoms with Crippen LogP contribution in [0.5, 0.6) is 0 Å². The first-order valence-corrected chi connectivity index (χ1v) is 4.68. The Morgan fingerprint density at radius 3 is 2.86 bits per heavy atom. The third-order valence-electron chi connectivity index (χ3n) is 2.12. The van der Waals surface area contributed by atoms with E-state index >= 15 is 0 Å².